The Balaban J connectivity index is 2.09. The summed E-state index contributed by atoms with van der Waals surface area (Å²) in [7, 11) is 0. The molecule has 0 fully saturated rings. The minimum atomic E-state index is -0.475. The zero-order valence-corrected chi connectivity index (χ0v) is 10.4. The van der Waals surface area contributed by atoms with Crippen molar-refractivity contribution in [1.29, 1.82) is 0 Å². The lowest BCUT2D eigenvalue weighted by molar-refractivity contribution is -0.116. The summed E-state index contributed by atoms with van der Waals surface area (Å²) in [6.45, 7) is 1.75. The van der Waals surface area contributed by atoms with Crippen LogP contribution in [0.25, 0.3) is 5.57 Å². The summed E-state index contributed by atoms with van der Waals surface area (Å²) >= 11 is 0. The Morgan fingerprint density at radius 2 is 1.84 bits per heavy atom. The summed E-state index contributed by atoms with van der Waals surface area (Å²) in [6, 6.07) is 9.43. The SMILES string of the molecule is CC1=C(c2ccccc2)C(=O)C2C=CC(=O)C=C2O1. The molecule has 2 aliphatic rings. The van der Waals surface area contributed by atoms with Gasteiger partial charge in [-0.25, -0.2) is 0 Å². The largest absolute Gasteiger partial charge is 0.464 e. The number of rotatable bonds is 1. The topological polar surface area (TPSA) is 43.4 Å². The van der Waals surface area contributed by atoms with E-state index in [1.807, 2.05) is 30.3 Å². The molecular weight excluding hydrogens is 240 g/mol. The summed E-state index contributed by atoms with van der Waals surface area (Å²) in [5.74, 6) is 0.327. The van der Waals surface area contributed by atoms with E-state index in [4.69, 9.17) is 4.74 Å². The minimum Gasteiger partial charge on any atom is -0.464 e. The lowest BCUT2D eigenvalue weighted by atomic mass is 9.86. The van der Waals surface area contributed by atoms with E-state index in [1.165, 1.54) is 12.2 Å². The highest BCUT2D eigenvalue weighted by molar-refractivity contribution is 6.25. The normalized spacial score (nSPS) is 21.9. The van der Waals surface area contributed by atoms with Crippen LogP contribution < -0.4 is 0 Å². The number of hydrogen-bond acceptors (Lipinski definition) is 3. The van der Waals surface area contributed by atoms with Crippen LogP contribution in [0.1, 0.15) is 12.5 Å². The quantitative estimate of drug-likeness (QED) is 0.771. The summed E-state index contributed by atoms with van der Waals surface area (Å²) in [6.07, 6.45) is 4.40. The Morgan fingerprint density at radius 1 is 1.11 bits per heavy atom. The van der Waals surface area contributed by atoms with Gasteiger partial charge in [-0.1, -0.05) is 36.4 Å². The van der Waals surface area contributed by atoms with Crippen molar-refractivity contribution in [3.8, 4) is 0 Å². The van der Waals surface area contributed by atoms with Gasteiger partial charge in [-0.3, -0.25) is 9.59 Å². The van der Waals surface area contributed by atoms with Gasteiger partial charge in [0.15, 0.2) is 11.6 Å². The van der Waals surface area contributed by atoms with Gasteiger partial charge in [-0.15, -0.1) is 0 Å². The maximum Gasteiger partial charge on any atom is 0.181 e. The fraction of sp³-hybridized carbons (Fsp3) is 0.125. The molecule has 19 heavy (non-hydrogen) atoms. The third-order valence-electron chi connectivity index (χ3n) is 3.26. The van der Waals surface area contributed by atoms with Gasteiger partial charge >= 0.3 is 0 Å². The predicted octanol–water partition coefficient (Wildman–Crippen LogP) is 2.66. The van der Waals surface area contributed by atoms with Crippen LogP contribution in [0.5, 0.6) is 0 Å². The van der Waals surface area contributed by atoms with Crippen LogP contribution in [0, 0.1) is 5.92 Å². The van der Waals surface area contributed by atoms with E-state index in [1.54, 1.807) is 13.0 Å². The molecule has 0 spiro atoms. The van der Waals surface area contributed by atoms with Gasteiger partial charge in [-0.05, 0) is 18.6 Å². The van der Waals surface area contributed by atoms with E-state index < -0.39 is 5.92 Å². The van der Waals surface area contributed by atoms with Crippen molar-refractivity contribution >= 4 is 17.1 Å². The first-order chi connectivity index (χ1) is 9.16. The monoisotopic (exact) mass is 252 g/mol. The van der Waals surface area contributed by atoms with Gasteiger partial charge in [0.25, 0.3) is 0 Å². The Kier molecular flexibility index (Phi) is 2.67. The van der Waals surface area contributed by atoms with Gasteiger partial charge in [-0.2, -0.15) is 0 Å². The smallest absolute Gasteiger partial charge is 0.181 e. The second-order valence-electron chi connectivity index (χ2n) is 4.55. The molecule has 1 atom stereocenters. The molecule has 0 amide bonds. The van der Waals surface area contributed by atoms with Crippen LogP contribution >= 0.6 is 0 Å². The zero-order chi connectivity index (χ0) is 13.4. The van der Waals surface area contributed by atoms with E-state index in [9.17, 15) is 9.59 Å². The van der Waals surface area contributed by atoms with Crippen LogP contribution in [0.4, 0.5) is 0 Å². The van der Waals surface area contributed by atoms with E-state index in [0.717, 1.165) is 5.56 Å². The Bertz CT molecular complexity index is 648. The Labute approximate surface area is 110 Å². The molecule has 0 bridgehead atoms. The number of benzene rings is 1. The highest BCUT2D eigenvalue weighted by Crippen LogP contribution is 2.36. The van der Waals surface area contributed by atoms with Crippen molar-refractivity contribution < 1.29 is 14.3 Å². The lowest BCUT2D eigenvalue weighted by Gasteiger charge is -2.27. The van der Waals surface area contributed by atoms with Gasteiger partial charge in [0.2, 0.25) is 0 Å². The van der Waals surface area contributed by atoms with Crippen molar-refractivity contribution in [2.24, 2.45) is 5.92 Å². The molecule has 3 heteroatoms. The maximum atomic E-state index is 12.5. The van der Waals surface area contributed by atoms with Crippen LogP contribution in [-0.4, -0.2) is 11.6 Å². The highest BCUT2D eigenvalue weighted by atomic mass is 16.5. The summed E-state index contributed by atoms with van der Waals surface area (Å²) in [5.41, 5.74) is 1.43. The molecule has 0 N–H and O–H groups in total. The zero-order valence-electron chi connectivity index (χ0n) is 10.4. The van der Waals surface area contributed by atoms with Gasteiger partial charge in [0.1, 0.15) is 11.5 Å². The Hall–Kier alpha value is -2.42. The molecule has 1 unspecified atom stereocenters. The number of ketones is 2. The van der Waals surface area contributed by atoms with Crippen LogP contribution in [-0.2, 0) is 14.3 Å². The summed E-state index contributed by atoms with van der Waals surface area (Å²) in [5, 5.41) is 0. The van der Waals surface area contributed by atoms with Gasteiger partial charge in [0.05, 0.1) is 11.5 Å². The third kappa shape index (κ3) is 1.93. The van der Waals surface area contributed by atoms with Gasteiger partial charge < -0.3 is 4.74 Å². The maximum absolute atomic E-state index is 12.5. The molecule has 0 saturated carbocycles. The molecule has 1 aliphatic carbocycles. The summed E-state index contributed by atoms with van der Waals surface area (Å²) in [4.78, 5) is 23.8. The van der Waals surface area contributed by atoms with E-state index >= 15 is 0 Å². The van der Waals surface area contributed by atoms with E-state index in [-0.39, 0.29) is 11.6 Å². The standard InChI is InChI=1S/C16H12O3/c1-10-15(11-5-3-2-4-6-11)16(18)13-8-7-12(17)9-14(13)19-10/h2-9,13H,1H3. The van der Waals surface area contributed by atoms with Crippen molar-refractivity contribution in [2.75, 3.05) is 0 Å². The number of carbonyl (C=O) groups is 2. The lowest BCUT2D eigenvalue weighted by Crippen LogP contribution is -2.26. The van der Waals surface area contributed by atoms with Crippen molar-refractivity contribution in [2.45, 2.75) is 6.92 Å². The van der Waals surface area contributed by atoms with E-state index in [2.05, 4.69) is 0 Å². The second-order valence-corrected chi connectivity index (χ2v) is 4.55. The van der Waals surface area contributed by atoms with Crippen molar-refractivity contribution in [1.82, 2.24) is 0 Å². The molecule has 0 radical (unpaired) electrons. The van der Waals surface area contributed by atoms with Crippen molar-refractivity contribution in [3.63, 3.8) is 0 Å². The highest BCUT2D eigenvalue weighted by Gasteiger charge is 2.34. The van der Waals surface area contributed by atoms with Crippen molar-refractivity contribution in [3.05, 3.63) is 65.6 Å². The molecule has 3 rings (SSSR count). The molecule has 1 aromatic rings. The number of fused-ring (bicyclic) bond motifs is 1. The second kappa shape index (κ2) is 4.35. The van der Waals surface area contributed by atoms with Crippen LogP contribution in [0.15, 0.2) is 60.1 Å². The third-order valence-corrected chi connectivity index (χ3v) is 3.26. The first-order valence-corrected chi connectivity index (χ1v) is 6.09. The molecular formula is C16H12O3. The van der Waals surface area contributed by atoms with Crippen LogP contribution in [0.3, 0.4) is 0 Å². The molecule has 1 aliphatic heterocycles. The molecule has 1 aromatic carbocycles. The molecule has 3 nitrogen and oxygen atoms in total. The fourth-order valence-corrected chi connectivity index (χ4v) is 2.38. The number of hydrogen-bond donors (Lipinski definition) is 0. The summed E-state index contributed by atoms with van der Waals surface area (Å²) < 4.78 is 5.65. The first-order valence-electron chi connectivity index (χ1n) is 6.09. The molecule has 0 aromatic heterocycles. The van der Waals surface area contributed by atoms with Gasteiger partial charge in [0, 0.05) is 6.08 Å². The molecule has 1 heterocycles. The van der Waals surface area contributed by atoms with Crippen LogP contribution in [0.2, 0.25) is 0 Å². The Morgan fingerprint density at radius 3 is 2.58 bits per heavy atom. The molecule has 94 valence electrons. The number of allylic oxidation sites excluding steroid dienone is 5. The fourth-order valence-electron chi connectivity index (χ4n) is 2.38. The number of ether oxygens (including phenoxy) is 1. The average molecular weight is 252 g/mol. The molecule has 0 saturated heterocycles. The minimum absolute atomic E-state index is 0.0232. The van der Waals surface area contributed by atoms with E-state index in [0.29, 0.717) is 17.1 Å². The average Bonchev–Trinajstić information content (AvgIpc) is 2.39. The number of carbonyl (C=O) groups excluding carboxylic acids is 2. The number of Topliss-reactive ketones (excluding diaryl/α,β-unsaturated/α-hetero) is 1. The first kappa shape index (κ1) is 11.7. The predicted molar refractivity (Wildman–Crippen MR) is 70.8 cm³/mol.